The van der Waals surface area contributed by atoms with Crippen molar-refractivity contribution >= 4 is 39.0 Å². The van der Waals surface area contributed by atoms with E-state index < -0.39 is 21.8 Å². The Morgan fingerprint density at radius 2 is 1.62 bits per heavy atom. The molecular weight excluding hydrogens is 795 g/mol. The van der Waals surface area contributed by atoms with E-state index in [2.05, 4.69) is 30.1 Å². The molecule has 3 aromatic rings. The van der Waals surface area contributed by atoms with Crippen molar-refractivity contribution in [1.82, 2.24) is 29.1 Å². The normalized spacial score (nSPS) is 23.1. The second-order valence-electron chi connectivity index (χ2n) is 15.8. The van der Waals surface area contributed by atoms with Gasteiger partial charge in [0.25, 0.3) is 0 Å². The number of piperazine rings is 1. The highest BCUT2D eigenvalue weighted by Crippen LogP contribution is 2.33. The van der Waals surface area contributed by atoms with Crippen molar-refractivity contribution in [2.24, 2.45) is 11.8 Å². The second kappa shape index (κ2) is 18.5. The van der Waals surface area contributed by atoms with E-state index in [9.17, 15) is 26.4 Å². The molecule has 4 aliphatic rings. The molecule has 1 N–H and O–H groups in total. The summed E-state index contributed by atoms with van der Waals surface area (Å²) in [5, 5.41) is 12.4. The molecule has 18 heteroatoms. The molecule has 1 unspecified atom stereocenters. The van der Waals surface area contributed by atoms with Gasteiger partial charge < -0.3 is 24.8 Å². The van der Waals surface area contributed by atoms with E-state index in [0.29, 0.717) is 59.7 Å². The fraction of sp³-hybridized carbons (Fsp3) is 0.575. The van der Waals surface area contributed by atoms with Crippen LogP contribution in [0.1, 0.15) is 67.7 Å². The van der Waals surface area contributed by atoms with Crippen LogP contribution in [0.25, 0.3) is 0 Å². The van der Waals surface area contributed by atoms with Gasteiger partial charge in [-0.05, 0) is 88.7 Å². The quantitative estimate of drug-likeness (QED) is 0.242. The first-order valence-electron chi connectivity index (χ1n) is 20.0. The van der Waals surface area contributed by atoms with Crippen molar-refractivity contribution in [3.05, 3.63) is 70.9 Å². The minimum absolute atomic E-state index is 0.0180. The number of nitrogens with zero attached hydrogens (tertiary/aromatic N) is 8. The zero-order valence-corrected chi connectivity index (χ0v) is 33.9. The van der Waals surface area contributed by atoms with Crippen molar-refractivity contribution in [1.29, 1.82) is 5.26 Å². The number of likely N-dealkylation sites (tertiary alicyclic amines) is 2. The first-order chi connectivity index (χ1) is 27.8. The Hall–Kier alpha value is -4.08. The van der Waals surface area contributed by atoms with Crippen LogP contribution in [0, 0.1) is 23.2 Å². The monoisotopic (exact) mass is 843 g/mol. The van der Waals surface area contributed by atoms with Gasteiger partial charge in [-0.1, -0.05) is 11.6 Å². The predicted molar refractivity (Wildman–Crippen MR) is 213 cm³/mol. The van der Waals surface area contributed by atoms with E-state index in [1.165, 1.54) is 10.5 Å². The van der Waals surface area contributed by atoms with E-state index in [1.807, 2.05) is 6.07 Å². The maximum atomic E-state index is 13.3. The van der Waals surface area contributed by atoms with E-state index in [1.54, 1.807) is 35.5 Å². The summed E-state index contributed by atoms with van der Waals surface area (Å²) in [7, 11) is -3.49. The number of sulfonamides is 1. The number of carbonyl (C=O) groups is 1. The molecule has 5 heterocycles. The van der Waals surface area contributed by atoms with Gasteiger partial charge >= 0.3 is 6.18 Å². The maximum absolute atomic E-state index is 13.3. The number of aromatic nitrogens is 3. The summed E-state index contributed by atoms with van der Waals surface area (Å²) in [6, 6.07) is 8.15. The molecule has 58 heavy (non-hydrogen) atoms. The van der Waals surface area contributed by atoms with Crippen molar-refractivity contribution in [3.63, 3.8) is 0 Å². The number of amides is 1. The van der Waals surface area contributed by atoms with Gasteiger partial charge in [-0.15, -0.1) is 0 Å². The number of carbonyl (C=O) groups excluding carboxylic acids is 1. The average molecular weight is 844 g/mol. The third-order valence-electron chi connectivity index (χ3n) is 11.9. The Kier molecular flexibility index (Phi) is 13.4. The van der Waals surface area contributed by atoms with Crippen LogP contribution >= 0.6 is 11.6 Å². The van der Waals surface area contributed by atoms with Crippen LogP contribution in [0.15, 0.2) is 49.1 Å². The van der Waals surface area contributed by atoms with Crippen molar-refractivity contribution < 1.29 is 31.1 Å². The molecule has 1 atom stereocenters. The van der Waals surface area contributed by atoms with Gasteiger partial charge in [-0.3, -0.25) is 14.8 Å². The van der Waals surface area contributed by atoms with Crippen LogP contribution in [0.3, 0.4) is 0 Å². The van der Waals surface area contributed by atoms with Crippen molar-refractivity contribution in [2.45, 2.75) is 63.1 Å². The molecule has 312 valence electrons. The van der Waals surface area contributed by atoms with E-state index in [-0.39, 0.29) is 42.7 Å². The van der Waals surface area contributed by atoms with Gasteiger partial charge in [0.2, 0.25) is 15.9 Å². The maximum Gasteiger partial charge on any atom is 0.417 e. The number of nitrogens with one attached hydrogen (secondary N) is 1. The summed E-state index contributed by atoms with van der Waals surface area (Å²) < 4.78 is 73.6. The predicted octanol–water partition coefficient (Wildman–Crippen LogP) is 5.65. The van der Waals surface area contributed by atoms with Gasteiger partial charge in [0.1, 0.15) is 11.8 Å². The number of rotatable bonds is 12. The van der Waals surface area contributed by atoms with Gasteiger partial charge in [0.15, 0.2) is 5.82 Å². The summed E-state index contributed by atoms with van der Waals surface area (Å²) in [4.78, 5) is 32.5. The molecule has 0 bridgehead atoms. The highest BCUT2D eigenvalue weighted by Gasteiger charge is 2.35. The molecule has 0 radical (unpaired) electrons. The smallest absolute Gasteiger partial charge is 0.417 e. The molecule has 0 spiro atoms. The van der Waals surface area contributed by atoms with Gasteiger partial charge in [-0.2, -0.15) is 22.7 Å². The lowest BCUT2D eigenvalue weighted by molar-refractivity contribution is -0.137. The third kappa shape index (κ3) is 10.7. The molecule has 3 aliphatic heterocycles. The highest BCUT2D eigenvalue weighted by molar-refractivity contribution is 7.89. The number of anilines is 2. The summed E-state index contributed by atoms with van der Waals surface area (Å²) in [6.07, 6.45) is 6.69. The lowest BCUT2D eigenvalue weighted by atomic mass is 9.86. The second-order valence-corrected chi connectivity index (χ2v) is 18.2. The number of alkyl halides is 3. The number of pyridine rings is 1. The Balaban J connectivity index is 0.775. The molecule has 13 nitrogen and oxygen atoms in total. The van der Waals surface area contributed by atoms with Crippen LogP contribution in [-0.4, -0.2) is 121 Å². The fourth-order valence-electron chi connectivity index (χ4n) is 8.51. The average Bonchev–Trinajstić information content (AvgIpc) is 3.67. The number of nitriles is 1. The standard InChI is InChI=1S/C40H49ClF3N9O4S/c41-36-20-35(6-3-31(36)21-45)57-34-4-1-30(2-5-34)39(54)49-38-25-47-37(24-48-38)29-8-11-50(12-9-29)13-14-51-10-7-28(26-51)27-58(55,56)53-17-15-52(16-18-53)33-19-32(22-46-23-33)40(42,43)44/h3,6,19-20,22-25,28-30,34H,1-2,4-5,7-18,26-27H2,(H,48,49,54). The van der Waals surface area contributed by atoms with E-state index in [4.69, 9.17) is 21.6 Å². The Bertz CT molecular complexity index is 2030. The fourth-order valence-corrected chi connectivity index (χ4v) is 10.5. The Morgan fingerprint density at radius 1 is 0.897 bits per heavy atom. The Labute approximate surface area is 342 Å². The van der Waals surface area contributed by atoms with Crippen molar-refractivity contribution in [2.75, 3.05) is 81.4 Å². The zero-order valence-electron chi connectivity index (χ0n) is 32.3. The number of hydrogen-bond donors (Lipinski definition) is 1. The first-order valence-corrected chi connectivity index (χ1v) is 22.0. The van der Waals surface area contributed by atoms with Crippen LogP contribution < -0.4 is 15.0 Å². The van der Waals surface area contributed by atoms with Gasteiger partial charge in [0, 0.05) is 69.9 Å². The third-order valence-corrected chi connectivity index (χ3v) is 14.3. The molecule has 1 aromatic carbocycles. The zero-order chi connectivity index (χ0) is 40.9. The highest BCUT2D eigenvalue weighted by atomic mass is 35.5. The minimum atomic E-state index is -4.49. The molecule has 7 rings (SSSR count). The van der Waals surface area contributed by atoms with Gasteiger partial charge in [-0.25, -0.2) is 13.4 Å². The van der Waals surface area contributed by atoms with Gasteiger partial charge in [0.05, 0.1) is 58.0 Å². The first kappa shape index (κ1) is 42.1. The van der Waals surface area contributed by atoms with E-state index >= 15 is 0 Å². The lowest BCUT2D eigenvalue weighted by Crippen LogP contribution is -2.50. The molecule has 4 fully saturated rings. The largest absolute Gasteiger partial charge is 0.490 e. The number of halogens is 4. The summed E-state index contributed by atoms with van der Waals surface area (Å²) in [5.74, 6) is 1.29. The number of ether oxygens (including phenoxy) is 1. The van der Waals surface area contributed by atoms with Crippen molar-refractivity contribution in [3.8, 4) is 11.8 Å². The van der Waals surface area contributed by atoms with Crippen LogP contribution in [-0.2, 0) is 21.0 Å². The number of piperidine rings is 1. The number of benzene rings is 1. The SMILES string of the molecule is N#Cc1ccc(OC2CCC(C(=O)Nc3cnc(C4CCN(CCN5CCC(CS(=O)(=O)N6CCN(c7cncc(C(F)(F)F)c7)CC6)C5)CC4)cn3)CC2)cc1Cl. The molecule has 1 amide bonds. The summed E-state index contributed by atoms with van der Waals surface area (Å²) >= 11 is 6.13. The van der Waals surface area contributed by atoms with E-state index in [0.717, 1.165) is 89.3 Å². The topological polar surface area (TPSA) is 148 Å². The summed E-state index contributed by atoms with van der Waals surface area (Å²) in [5.41, 5.74) is 0.862. The lowest BCUT2D eigenvalue weighted by Gasteiger charge is -2.35. The summed E-state index contributed by atoms with van der Waals surface area (Å²) in [6.45, 7) is 6.33. The molecule has 2 aromatic heterocycles. The molecular formula is C40H49ClF3N9O4S. The van der Waals surface area contributed by atoms with Crippen LogP contribution in [0.5, 0.6) is 5.75 Å². The molecule has 1 aliphatic carbocycles. The minimum Gasteiger partial charge on any atom is -0.490 e. The molecule has 3 saturated heterocycles. The molecule has 1 saturated carbocycles. The number of hydrogen-bond acceptors (Lipinski definition) is 11. The van der Waals surface area contributed by atoms with Crippen LogP contribution in [0.2, 0.25) is 5.02 Å². The van der Waals surface area contributed by atoms with Crippen LogP contribution in [0.4, 0.5) is 24.7 Å². The Morgan fingerprint density at radius 3 is 2.29 bits per heavy atom.